The highest BCUT2D eigenvalue weighted by Gasteiger charge is 2.38. The van der Waals surface area contributed by atoms with Crippen molar-refractivity contribution in [3.63, 3.8) is 0 Å². The van der Waals surface area contributed by atoms with E-state index in [4.69, 9.17) is 25.0 Å². The smallest absolute Gasteiger partial charge is 0.475 e. The monoisotopic (exact) mass is 381 g/mol. The number of rotatable bonds is 6. The normalized spacial score (nSPS) is 11.2. The molecular weight excluding hydrogens is 363 g/mol. The summed E-state index contributed by atoms with van der Waals surface area (Å²) >= 11 is 0. The van der Waals surface area contributed by atoms with Crippen LogP contribution in [0.3, 0.4) is 0 Å². The maximum Gasteiger partial charge on any atom is 0.490 e. The van der Waals surface area contributed by atoms with Crippen molar-refractivity contribution in [2.24, 2.45) is 0 Å². The molecule has 140 valence electrons. The van der Waals surface area contributed by atoms with Gasteiger partial charge in [-0.3, -0.25) is 0 Å². The minimum Gasteiger partial charge on any atom is -0.475 e. The van der Waals surface area contributed by atoms with Crippen molar-refractivity contribution in [2.45, 2.75) is 38.6 Å². The van der Waals surface area contributed by atoms with Crippen molar-refractivity contribution in [1.29, 1.82) is 5.26 Å². The van der Waals surface area contributed by atoms with E-state index in [9.17, 15) is 18.0 Å². The topological polar surface area (TPSA) is 125 Å². The summed E-state index contributed by atoms with van der Waals surface area (Å²) in [5.74, 6) is -4.09. The van der Waals surface area contributed by atoms with Crippen LogP contribution in [0, 0.1) is 11.3 Å². The molecule has 0 spiro atoms. The standard InChI is InChI=1S/C11H17N3O3Si.C2HF3O2/c1-18(2,3)5-4-17-8-14-7-9(6-12)13-10(14)11(15)16;3-2(4,5)1(6)7/h7H,4-5,8H2,1-3H3,(H,15,16);(H,6,7). The Morgan fingerprint density at radius 2 is 1.88 bits per heavy atom. The lowest BCUT2D eigenvalue weighted by Gasteiger charge is -2.15. The Kier molecular flexibility index (Phi) is 8.31. The van der Waals surface area contributed by atoms with Crippen LogP contribution >= 0.6 is 0 Å². The van der Waals surface area contributed by atoms with Gasteiger partial charge in [-0.1, -0.05) is 19.6 Å². The first kappa shape index (κ1) is 22.6. The Hall–Kier alpha value is -2.39. The Morgan fingerprint density at radius 1 is 1.36 bits per heavy atom. The number of hydrogen-bond donors (Lipinski definition) is 2. The number of halogens is 3. The number of nitriles is 1. The van der Waals surface area contributed by atoms with Crippen LogP contribution in [-0.4, -0.2) is 52.6 Å². The summed E-state index contributed by atoms with van der Waals surface area (Å²) in [6, 6.07) is 2.82. The van der Waals surface area contributed by atoms with Crippen molar-refractivity contribution in [3.8, 4) is 6.07 Å². The number of alkyl halides is 3. The Morgan fingerprint density at radius 3 is 2.24 bits per heavy atom. The molecule has 1 aromatic heterocycles. The highest BCUT2D eigenvalue weighted by molar-refractivity contribution is 6.76. The Bertz CT molecular complexity index is 647. The van der Waals surface area contributed by atoms with Gasteiger partial charge in [-0.25, -0.2) is 14.6 Å². The molecule has 2 N–H and O–H groups in total. The number of hydrogen-bond acceptors (Lipinski definition) is 5. The second-order valence-corrected chi connectivity index (χ2v) is 11.6. The van der Waals surface area contributed by atoms with Crippen molar-refractivity contribution >= 4 is 20.0 Å². The maximum absolute atomic E-state index is 10.9. The van der Waals surface area contributed by atoms with Crippen LogP contribution in [-0.2, 0) is 16.3 Å². The largest absolute Gasteiger partial charge is 0.490 e. The summed E-state index contributed by atoms with van der Waals surface area (Å²) in [6.07, 6.45) is -3.70. The van der Waals surface area contributed by atoms with Crippen molar-refractivity contribution in [1.82, 2.24) is 9.55 Å². The predicted octanol–water partition coefficient (Wildman–Crippen LogP) is 2.40. The number of carboxylic acids is 2. The highest BCUT2D eigenvalue weighted by atomic mass is 28.3. The molecule has 0 atom stereocenters. The summed E-state index contributed by atoms with van der Waals surface area (Å²) in [5.41, 5.74) is 0.0844. The molecule has 1 rings (SSSR count). The van der Waals surface area contributed by atoms with E-state index < -0.39 is 26.2 Å². The predicted molar refractivity (Wildman–Crippen MR) is 81.7 cm³/mol. The molecule has 12 heteroatoms. The van der Waals surface area contributed by atoms with Crippen molar-refractivity contribution in [3.05, 3.63) is 17.7 Å². The molecule has 0 saturated heterocycles. The van der Waals surface area contributed by atoms with Crippen LogP contribution in [0.5, 0.6) is 0 Å². The van der Waals surface area contributed by atoms with Gasteiger partial charge in [0.05, 0.1) is 0 Å². The van der Waals surface area contributed by atoms with Gasteiger partial charge < -0.3 is 19.5 Å². The molecule has 0 aliphatic heterocycles. The fourth-order valence-electron chi connectivity index (χ4n) is 1.28. The second-order valence-electron chi connectivity index (χ2n) is 5.99. The molecule has 0 saturated carbocycles. The van der Waals surface area contributed by atoms with E-state index in [-0.39, 0.29) is 18.2 Å². The zero-order valence-corrected chi connectivity index (χ0v) is 14.8. The summed E-state index contributed by atoms with van der Waals surface area (Å²) in [5, 5.41) is 24.7. The van der Waals surface area contributed by atoms with Crippen LogP contribution in [0.4, 0.5) is 13.2 Å². The average Bonchev–Trinajstić information content (AvgIpc) is 2.86. The Labute approximate surface area is 142 Å². The van der Waals surface area contributed by atoms with Gasteiger partial charge in [0.15, 0.2) is 5.69 Å². The van der Waals surface area contributed by atoms with Crippen LogP contribution in [0.25, 0.3) is 0 Å². The number of carboxylic acid groups (broad SMARTS) is 2. The molecule has 1 aromatic rings. The summed E-state index contributed by atoms with van der Waals surface area (Å²) in [4.78, 5) is 23.5. The van der Waals surface area contributed by atoms with Gasteiger partial charge in [0, 0.05) is 20.9 Å². The van der Waals surface area contributed by atoms with Gasteiger partial charge in [-0.05, 0) is 6.04 Å². The van der Waals surface area contributed by atoms with Crippen LogP contribution in [0.1, 0.15) is 16.3 Å². The van der Waals surface area contributed by atoms with E-state index in [0.717, 1.165) is 6.04 Å². The zero-order valence-electron chi connectivity index (χ0n) is 13.8. The molecular formula is C13H18F3N3O5Si. The van der Waals surface area contributed by atoms with Crippen molar-refractivity contribution < 1.29 is 37.7 Å². The number of aromatic carboxylic acids is 1. The van der Waals surface area contributed by atoms with E-state index >= 15 is 0 Å². The number of imidazole rings is 1. The number of aliphatic carboxylic acids is 1. The van der Waals surface area contributed by atoms with Gasteiger partial charge in [-0.15, -0.1) is 0 Å². The maximum atomic E-state index is 10.9. The van der Waals surface area contributed by atoms with Gasteiger partial charge in [0.1, 0.15) is 12.8 Å². The minimum atomic E-state index is -5.08. The lowest BCUT2D eigenvalue weighted by atomic mass is 10.5. The number of carbonyl (C=O) groups is 2. The molecule has 0 bridgehead atoms. The fraction of sp³-hybridized carbons (Fsp3) is 0.538. The van der Waals surface area contributed by atoms with Gasteiger partial charge >= 0.3 is 18.1 Å². The zero-order chi connectivity index (χ0) is 19.8. The van der Waals surface area contributed by atoms with Crippen LogP contribution < -0.4 is 0 Å². The average molecular weight is 381 g/mol. The first-order chi connectivity index (χ1) is 11.3. The highest BCUT2D eigenvalue weighted by Crippen LogP contribution is 2.13. The first-order valence-electron chi connectivity index (χ1n) is 6.86. The quantitative estimate of drug-likeness (QED) is 0.572. The van der Waals surface area contributed by atoms with Crippen LogP contribution in [0.2, 0.25) is 25.7 Å². The summed E-state index contributed by atoms with van der Waals surface area (Å²) in [6.45, 7) is 7.42. The fourth-order valence-corrected chi connectivity index (χ4v) is 2.04. The van der Waals surface area contributed by atoms with Gasteiger partial charge in [0.2, 0.25) is 5.82 Å². The molecule has 8 nitrogen and oxygen atoms in total. The lowest BCUT2D eigenvalue weighted by Crippen LogP contribution is -2.22. The van der Waals surface area contributed by atoms with Crippen molar-refractivity contribution in [2.75, 3.05) is 6.61 Å². The third-order valence-electron chi connectivity index (χ3n) is 2.55. The third-order valence-corrected chi connectivity index (χ3v) is 4.26. The third kappa shape index (κ3) is 9.48. The molecule has 0 unspecified atom stereocenters. The second kappa shape index (κ2) is 9.18. The van der Waals surface area contributed by atoms with Crippen LogP contribution in [0.15, 0.2) is 6.20 Å². The molecule has 25 heavy (non-hydrogen) atoms. The summed E-state index contributed by atoms with van der Waals surface area (Å²) < 4.78 is 38.5. The van der Waals surface area contributed by atoms with E-state index in [1.54, 1.807) is 0 Å². The molecule has 0 aromatic carbocycles. The number of nitrogens with zero attached hydrogens (tertiary/aromatic N) is 3. The van der Waals surface area contributed by atoms with Gasteiger partial charge in [0.25, 0.3) is 0 Å². The molecule has 0 aliphatic carbocycles. The van der Waals surface area contributed by atoms with E-state index in [2.05, 4.69) is 24.6 Å². The van der Waals surface area contributed by atoms with E-state index in [1.807, 2.05) is 6.07 Å². The number of ether oxygens (including phenoxy) is 1. The molecule has 0 amide bonds. The SMILES string of the molecule is C[Si](C)(C)CCOCn1cc(C#N)nc1C(=O)O.O=C(O)C(F)(F)F. The molecule has 0 radical (unpaired) electrons. The number of aromatic nitrogens is 2. The summed E-state index contributed by atoms with van der Waals surface area (Å²) in [7, 11) is -1.15. The molecule has 0 fully saturated rings. The lowest BCUT2D eigenvalue weighted by molar-refractivity contribution is -0.192. The molecule has 0 aliphatic rings. The molecule has 1 heterocycles. The Balaban J connectivity index is 0.000000697. The first-order valence-corrected chi connectivity index (χ1v) is 10.6. The van der Waals surface area contributed by atoms with E-state index in [1.165, 1.54) is 10.8 Å². The minimum absolute atomic E-state index is 0.0844. The van der Waals surface area contributed by atoms with E-state index in [0.29, 0.717) is 6.61 Å². The van der Waals surface area contributed by atoms with Gasteiger partial charge in [-0.2, -0.15) is 18.4 Å².